The minimum atomic E-state index is -4.96. The molecule has 5 atom stereocenters. The van der Waals surface area contributed by atoms with Crippen LogP contribution in [0.3, 0.4) is 0 Å². The summed E-state index contributed by atoms with van der Waals surface area (Å²) >= 11 is 0. The van der Waals surface area contributed by atoms with Crippen molar-refractivity contribution in [1.29, 1.82) is 0 Å². The first kappa shape index (κ1) is 99.1. The fourth-order valence-electron chi connectivity index (χ4n) is 12.8. The minimum absolute atomic E-state index is 0.106. The van der Waals surface area contributed by atoms with Crippen molar-refractivity contribution in [2.75, 3.05) is 39.6 Å². The van der Waals surface area contributed by atoms with E-state index < -0.39 is 97.5 Å². The molecule has 0 spiro atoms. The number of phosphoric acid groups is 2. The fourth-order valence-corrected chi connectivity index (χ4v) is 14.3. The Bertz CT molecular complexity index is 1930. The highest BCUT2D eigenvalue weighted by Crippen LogP contribution is 2.45. The van der Waals surface area contributed by atoms with Crippen LogP contribution in [-0.4, -0.2) is 96.7 Å². The molecule has 0 aliphatic rings. The van der Waals surface area contributed by atoms with Crippen LogP contribution in [-0.2, 0) is 65.4 Å². The Kier molecular flexibility index (Phi) is 73.5. The van der Waals surface area contributed by atoms with Crippen molar-refractivity contribution >= 4 is 39.5 Å². The van der Waals surface area contributed by atoms with Gasteiger partial charge in [0.25, 0.3) is 0 Å². The first-order valence-electron chi connectivity index (χ1n) is 42.6. The van der Waals surface area contributed by atoms with Crippen LogP contribution >= 0.6 is 15.6 Å². The van der Waals surface area contributed by atoms with Crippen LogP contribution in [0, 0.1) is 5.92 Å². The number of unbranched alkanes of at least 4 members (excludes halogenated alkanes) is 54. The largest absolute Gasteiger partial charge is 0.472 e. The van der Waals surface area contributed by atoms with Crippen LogP contribution in [0.2, 0.25) is 0 Å². The van der Waals surface area contributed by atoms with Gasteiger partial charge in [-0.25, -0.2) is 9.13 Å². The molecule has 0 aromatic carbocycles. The number of hydrogen-bond donors (Lipinski definition) is 3. The lowest BCUT2D eigenvalue weighted by Crippen LogP contribution is -2.30. The summed E-state index contributed by atoms with van der Waals surface area (Å²) < 4.78 is 68.7. The number of phosphoric ester groups is 2. The molecule has 0 fully saturated rings. The Morgan fingerprint density at radius 1 is 0.267 bits per heavy atom. The van der Waals surface area contributed by atoms with Crippen LogP contribution < -0.4 is 0 Å². The van der Waals surface area contributed by atoms with Gasteiger partial charge < -0.3 is 33.8 Å². The molecule has 0 heterocycles. The molecule has 2 unspecified atom stereocenters. The van der Waals surface area contributed by atoms with Crippen LogP contribution in [0.25, 0.3) is 0 Å². The van der Waals surface area contributed by atoms with Gasteiger partial charge in [0, 0.05) is 25.7 Å². The predicted molar refractivity (Wildman–Crippen MR) is 414 cm³/mol. The standard InChI is InChI=1S/C82H160O17P2/c1-6-9-12-15-18-21-24-26-28-30-32-34-36-38-40-42-47-52-57-62-67-81(86)98-77(72-93-80(85)66-61-56-51-46-41-39-37-35-33-31-29-27-25-22-19-16-13-10-7-2)73-96-100(88,89)94-69-76(83)70-95-101(90,91)97-74-78(71-92-79(84)65-60-55-50-45-23-20-17-14-11-8-3)99-82(87)68-63-58-53-48-43-44-49-54-59-64-75(4)5/h75-78,83H,6-74H2,1-5H3,(H,88,89)(H,90,91)/t76-,77-,78-/m1/s1. The van der Waals surface area contributed by atoms with Gasteiger partial charge in [-0.2, -0.15) is 0 Å². The minimum Gasteiger partial charge on any atom is -0.462 e. The number of aliphatic hydroxyl groups is 1. The lowest BCUT2D eigenvalue weighted by Gasteiger charge is -2.21. The molecule has 0 saturated carbocycles. The highest BCUT2D eigenvalue weighted by Gasteiger charge is 2.30. The lowest BCUT2D eigenvalue weighted by molar-refractivity contribution is -0.161. The monoisotopic (exact) mass is 1480 g/mol. The van der Waals surface area contributed by atoms with Crippen molar-refractivity contribution < 1.29 is 80.2 Å². The van der Waals surface area contributed by atoms with Gasteiger partial charge in [-0.05, 0) is 31.6 Å². The number of carbonyl (C=O) groups excluding carboxylic acids is 4. The van der Waals surface area contributed by atoms with Crippen molar-refractivity contribution in [3.63, 3.8) is 0 Å². The topological polar surface area (TPSA) is 237 Å². The highest BCUT2D eigenvalue weighted by atomic mass is 31.2. The second kappa shape index (κ2) is 74.9. The van der Waals surface area contributed by atoms with Gasteiger partial charge in [-0.15, -0.1) is 0 Å². The average Bonchev–Trinajstić information content (AvgIpc) is 0.934. The van der Waals surface area contributed by atoms with E-state index in [1.54, 1.807) is 0 Å². The summed E-state index contributed by atoms with van der Waals surface area (Å²) in [5.41, 5.74) is 0. The molecule has 101 heavy (non-hydrogen) atoms. The van der Waals surface area contributed by atoms with Crippen molar-refractivity contribution in [3.8, 4) is 0 Å². The lowest BCUT2D eigenvalue weighted by atomic mass is 10.0. The van der Waals surface area contributed by atoms with E-state index in [-0.39, 0.29) is 25.7 Å². The molecule has 0 aliphatic carbocycles. The van der Waals surface area contributed by atoms with Gasteiger partial charge in [0.15, 0.2) is 12.2 Å². The third kappa shape index (κ3) is 76.1. The number of rotatable bonds is 82. The molecular formula is C82H160O17P2. The Hall–Kier alpha value is -1.94. The Labute approximate surface area is 619 Å². The van der Waals surface area contributed by atoms with Crippen molar-refractivity contribution in [2.45, 2.75) is 457 Å². The maximum atomic E-state index is 13.1. The van der Waals surface area contributed by atoms with E-state index in [1.807, 2.05) is 0 Å². The van der Waals surface area contributed by atoms with E-state index >= 15 is 0 Å². The van der Waals surface area contributed by atoms with Crippen LogP contribution in [0.4, 0.5) is 0 Å². The number of carbonyl (C=O) groups is 4. The fraction of sp³-hybridized carbons (Fsp3) is 0.951. The smallest absolute Gasteiger partial charge is 0.462 e. The SMILES string of the molecule is CCCCCCCCCCCCCCCCCCCCCCC(=O)O[C@H](COC(=O)CCCCCCCCCCCCCCCCCCCCC)COP(=O)(O)OC[C@@H](O)COP(=O)(O)OC[C@@H](COC(=O)CCCCCCCCCCCC)OC(=O)CCCCCCCCCCCC(C)C. The normalized spacial score (nSPS) is 13.8. The molecule has 17 nitrogen and oxygen atoms in total. The zero-order chi connectivity index (χ0) is 74.1. The molecule has 600 valence electrons. The van der Waals surface area contributed by atoms with E-state index in [1.165, 1.54) is 263 Å². The van der Waals surface area contributed by atoms with Gasteiger partial charge in [0.05, 0.1) is 26.4 Å². The quantitative estimate of drug-likeness (QED) is 0.0222. The van der Waals surface area contributed by atoms with E-state index in [0.717, 1.165) is 95.8 Å². The second-order valence-corrected chi connectivity index (χ2v) is 32.9. The van der Waals surface area contributed by atoms with Gasteiger partial charge >= 0.3 is 39.5 Å². The van der Waals surface area contributed by atoms with Crippen molar-refractivity contribution in [1.82, 2.24) is 0 Å². The van der Waals surface area contributed by atoms with Crippen LogP contribution in [0.5, 0.6) is 0 Å². The molecule has 0 radical (unpaired) electrons. The molecular weight excluding hydrogens is 1320 g/mol. The van der Waals surface area contributed by atoms with E-state index in [2.05, 4.69) is 34.6 Å². The number of aliphatic hydroxyl groups excluding tert-OH is 1. The summed E-state index contributed by atoms with van der Waals surface area (Å²) in [6.07, 6.45) is 66.7. The third-order valence-corrected chi connectivity index (χ3v) is 21.2. The summed E-state index contributed by atoms with van der Waals surface area (Å²) in [5, 5.41) is 10.6. The zero-order valence-corrected chi connectivity index (χ0v) is 67.8. The van der Waals surface area contributed by atoms with Gasteiger partial charge in [0.2, 0.25) is 0 Å². The van der Waals surface area contributed by atoms with Crippen LogP contribution in [0.15, 0.2) is 0 Å². The van der Waals surface area contributed by atoms with E-state index in [9.17, 15) is 43.2 Å². The van der Waals surface area contributed by atoms with Crippen molar-refractivity contribution in [2.24, 2.45) is 5.92 Å². The number of hydrogen-bond acceptors (Lipinski definition) is 15. The molecule has 19 heteroatoms. The van der Waals surface area contributed by atoms with Gasteiger partial charge in [-0.1, -0.05) is 388 Å². The Morgan fingerprint density at radius 2 is 0.455 bits per heavy atom. The number of esters is 4. The van der Waals surface area contributed by atoms with Crippen molar-refractivity contribution in [3.05, 3.63) is 0 Å². The zero-order valence-electron chi connectivity index (χ0n) is 66.1. The van der Waals surface area contributed by atoms with Gasteiger partial charge in [-0.3, -0.25) is 37.3 Å². The Balaban J connectivity index is 5.21. The summed E-state index contributed by atoms with van der Waals surface area (Å²) in [5.74, 6) is -1.37. The molecule has 0 aromatic rings. The summed E-state index contributed by atoms with van der Waals surface area (Å²) in [6, 6.07) is 0. The summed E-state index contributed by atoms with van der Waals surface area (Å²) in [7, 11) is -9.92. The molecule has 0 aliphatic heterocycles. The summed E-state index contributed by atoms with van der Waals surface area (Å²) in [6.45, 7) is 7.30. The predicted octanol–water partition coefficient (Wildman–Crippen LogP) is 24.8. The molecule has 0 aromatic heterocycles. The maximum Gasteiger partial charge on any atom is 0.472 e. The summed E-state index contributed by atoms with van der Waals surface area (Å²) in [4.78, 5) is 73.0. The molecule has 0 saturated heterocycles. The van der Waals surface area contributed by atoms with E-state index in [0.29, 0.717) is 25.7 Å². The maximum absolute atomic E-state index is 13.1. The molecule has 3 N–H and O–H groups in total. The first-order chi connectivity index (χ1) is 49.0. The Morgan fingerprint density at radius 3 is 0.673 bits per heavy atom. The third-order valence-electron chi connectivity index (χ3n) is 19.3. The molecule has 0 bridgehead atoms. The first-order valence-corrected chi connectivity index (χ1v) is 45.6. The number of ether oxygens (including phenoxy) is 4. The van der Waals surface area contributed by atoms with Crippen LogP contribution in [0.1, 0.15) is 439 Å². The molecule has 0 rings (SSSR count). The van der Waals surface area contributed by atoms with E-state index in [4.69, 9.17) is 37.0 Å². The highest BCUT2D eigenvalue weighted by molar-refractivity contribution is 7.47. The van der Waals surface area contributed by atoms with Gasteiger partial charge in [0.1, 0.15) is 19.3 Å². The second-order valence-electron chi connectivity index (χ2n) is 30.0. The average molecular weight is 1480 g/mol. The molecule has 0 amide bonds.